The van der Waals surface area contributed by atoms with Gasteiger partial charge in [0, 0.05) is 5.56 Å². The summed E-state index contributed by atoms with van der Waals surface area (Å²) in [6, 6.07) is 5.69. The van der Waals surface area contributed by atoms with Crippen LogP contribution in [0, 0.1) is 0 Å². The molecule has 0 heterocycles. The molecule has 0 aliphatic rings. The van der Waals surface area contributed by atoms with Crippen LogP contribution >= 0.6 is 0 Å². The zero-order valence-corrected chi connectivity index (χ0v) is 9.83. The van der Waals surface area contributed by atoms with Gasteiger partial charge in [0.15, 0.2) is 6.29 Å². The molecular formula is C13H18O2. The fourth-order valence-electron chi connectivity index (χ4n) is 1.54. The van der Waals surface area contributed by atoms with Gasteiger partial charge in [-0.15, -0.1) is 0 Å². The van der Waals surface area contributed by atoms with Crippen molar-refractivity contribution in [1.29, 1.82) is 0 Å². The van der Waals surface area contributed by atoms with Crippen LogP contribution in [0.5, 0.6) is 5.75 Å². The van der Waals surface area contributed by atoms with E-state index in [9.17, 15) is 4.79 Å². The van der Waals surface area contributed by atoms with Crippen LogP contribution in [0.2, 0.25) is 0 Å². The number of carbonyl (C=O) groups excluding carboxylic acids is 1. The van der Waals surface area contributed by atoms with Gasteiger partial charge < -0.3 is 4.74 Å². The number of para-hydroxylation sites is 1. The second-order valence-electron chi connectivity index (χ2n) is 4.52. The molecule has 82 valence electrons. The molecule has 0 bridgehead atoms. The monoisotopic (exact) mass is 206 g/mol. The first-order valence-corrected chi connectivity index (χ1v) is 5.22. The van der Waals surface area contributed by atoms with E-state index in [1.54, 1.807) is 6.07 Å². The number of hydrogen-bond donors (Lipinski definition) is 0. The number of rotatable bonds is 3. The fourth-order valence-corrected chi connectivity index (χ4v) is 1.54. The quantitative estimate of drug-likeness (QED) is 0.710. The lowest BCUT2D eigenvalue weighted by atomic mass is 9.85. The standard InChI is InChI=1S/C13H18O2/c1-5-15-12-10(9-14)7-6-8-11(12)13(2,3)4/h6-9H,5H2,1-4H3. The normalized spacial score (nSPS) is 11.2. The number of benzene rings is 1. The Labute approximate surface area is 91.3 Å². The fraction of sp³-hybridized carbons (Fsp3) is 0.462. The predicted octanol–water partition coefficient (Wildman–Crippen LogP) is 3.20. The Morgan fingerprint density at radius 3 is 2.47 bits per heavy atom. The first-order chi connectivity index (χ1) is 7.00. The van der Waals surface area contributed by atoms with E-state index in [0.29, 0.717) is 12.2 Å². The number of aldehydes is 1. The van der Waals surface area contributed by atoms with E-state index in [0.717, 1.165) is 17.6 Å². The van der Waals surface area contributed by atoms with Crippen molar-refractivity contribution in [3.63, 3.8) is 0 Å². The van der Waals surface area contributed by atoms with E-state index in [-0.39, 0.29) is 5.41 Å². The maximum Gasteiger partial charge on any atom is 0.153 e. The second kappa shape index (κ2) is 4.47. The van der Waals surface area contributed by atoms with Gasteiger partial charge in [-0.25, -0.2) is 0 Å². The van der Waals surface area contributed by atoms with Crippen molar-refractivity contribution in [2.45, 2.75) is 33.1 Å². The van der Waals surface area contributed by atoms with Gasteiger partial charge in [-0.3, -0.25) is 4.79 Å². The minimum atomic E-state index is -0.0104. The Balaban J connectivity index is 3.31. The molecule has 0 saturated heterocycles. The van der Waals surface area contributed by atoms with Crippen LogP contribution in [0.25, 0.3) is 0 Å². The molecule has 0 aromatic heterocycles. The van der Waals surface area contributed by atoms with E-state index in [4.69, 9.17) is 4.74 Å². The number of ether oxygens (including phenoxy) is 1. The van der Waals surface area contributed by atoms with E-state index in [2.05, 4.69) is 20.8 Å². The van der Waals surface area contributed by atoms with Gasteiger partial charge in [-0.05, 0) is 18.4 Å². The third-order valence-electron chi connectivity index (χ3n) is 2.27. The van der Waals surface area contributed by atoms with Crippen LogP contribution in [-0.4, -0.2) is 12.9 Å². The summed E-state index contributed by atoms with van der Waals surface area (Å²) in [4.78, 5) is 10.9. The lowest BCUT2D eigenvalue weighted by Crippen LogP contribution is -2.14. The van der Waals surface area contributed by atoms with Crippen LogP contribution < -0.4 is 4.74 Å². The largest absolute Gasteiger partial charge is 0.493 e. The van der Waals surface area contributed by atoms with Crippen LogP contribution in [0.3, 0.4) is 0 Å². The smallest absolute Gasteiger partial charge is 0.153 e. The Hall–Kier alpha value is -1.31. The van der Waals surface area contributed by atoms with Gasteiger partial charge in [-0.2, -0.15) is 0 Å². The SMILES string of the molecule is CCOc1c(C=O)cccc1C(C)(C)C. The van der Waals surface area contributed by atoms with Crippen molar-refractivity contribution in [2.75, 3.05) is 6.61 Å². The molecule has 0 atom stereocenters. The molecule has 1 aromatic rings. The highest BCUT2D eigenvalue weighted by Crippen LogP contribution is 2.33. The average Bonchev–Trinajstić information content (AvgIpc) is 2.17. The van der Waals surface area contributed by atoms with Crippen molar-refractivity contribution in [2.24, 2.45) is 0 Å². The van der Waals surface area contributed by atoms with Gasteiger partial charge in [-0.1, -0.05) is 32.9 Å². The Bertz CT molecular complexity index is 348. The Morgan fingerprint density at radius 1 is 1.33 bits per heavy atom. The second-order valence-corrected chi connectivity index (χ2v) is 4.52. The van der Waals surface area contributed by atoms with Crippen molar-refractivity contribution in [3.05, 3.63) is 29.3 Å². The van der Waals surface area contributed by atoms with Gasteiger partial charge in [0.05, 0.1) is 12.2 Å². The third kappa shape index (κ3) is 2.58. The molecule has 0 radical (unpaired) electrons. The summed E-state index contributed by atoms with van der Waals surface area (Å²) in [5.41, 5.74) is 1.70. The maximum absolute atomic E-state index is 10.9. The molecule has 0 fully saturated rings. The summed E-state index contributed by atoms with van der Waals surface area (Å²) in [5.74, 6) is 0.725. The maximum atomic E-state index is 10.9. The summed E-state index contributed by atoms with van der Waals surface area (Å²) in [6.07, 6.45) is 0.847. The van der Waals surface area contributed by atoms with Gasteiger partial charge in [0.2, 0.25) is 0 Å². The van der Waals surface area contributed by atoms with Crippen LogP contribution in [0.1, 0.15) is 43.6 Å². The molecule has 0 amide bonds. The average molecular weight is 206 g/mol. The molecule has 0 saturated carbocycles. The molecule has 0 N–H and O–H groups in total. The number of hydrogen-bond acceptors (Lipinski definition) is 2. The van der Waals surface area contributed by atoms with Crippen LogP contribution in [-0.2, 0) is 5.41 Å². The molecule has 0 aliphatic heterocycles. The first-order valence-electron chi connectivity index (χ1n) is 5.22. The first kappa shape index (κ1) is 11.8. The minimum Gasteiger partial charge on any atom is -0.493 e. The van der Waals surface area contributed by atoms with E-state index >= 15 is 0 Å². The highest BCUT2D eigenvalue weighted by molar-refractivity contribution is 5.80. The summed E-state index contributed by atoms with van der Waals surface area (Å²) in [6.45, 7) is 8.83. The number of carbonyl (C=O) groups is 1. The highest BCUT2D eigenvalue weighted by atomic mass is 16.5. The lowest BCUT2D eigenvalue weighted by molar-refractivity contribution is 0.111. The Kier molecular flexibility index (Phi) is 3.51. The van der Waals surface area contributed by atoms with E-state index in [1.165, 1.54) is 0 Å². The topological polar surface area (TPSA) is 26.3 Å². The van der Waals surface area contributed by atoms with Crippen LogP contribution in [0.4, 0.5) is 0 Å². The Morgan fingerprint density at radius 2 is 2.00 bits per heavy atom. The zero-order valence-electron chi connectivity index (χ0n) is 9.83. The summed E-state index contributed by atoms with van der Waals surface area (Å²) in [5, 5.41) is 0. The lowest BCUT2D eigenvalue weighted by Gasteiger charge is -2.23. The molecule has 2 heteroatoms. The summed E-state index contributed by atoms with van der Waals surface area (Å²) >= 11 is 0. The predicted molar refractivity (Wildman–Crippen MR) is 61.7 cm³/mol. The third-order valence-corrected chi connectivity index (χ3v) is 2.27. The van der Waals surface area contributed by atoms with Gasteiger partial charge in [0.25, 0.3) is 0 Å². The van der Waals surface area contributed by atoms with E-state index < -0.39 is 0 Å². The molecule has 1 rings (SSSR count). The minimum absolute atomic E-state index is 0.0104. The molecule has 0 unspecified atom stereocenters. The molecule has 2 nitrogen and oxygen atoms in total. The van der Waals surface area contributed by atoms with Crippen molar-refractivity contribution in [3.8, 4) is 5.75 Å². The van der Waals surface area contributed by atoms with Gasteiger partial charge >= 0.3 is 0 Å². The van der Waals surface area contributed by atoms with Crippen LogP contribution in [0.15, 0.2) is 18.2 Å². The van der Waals surface area contributed by atoms with Crippen molar-refractivity contribution in [1.82, 2.24) is 0 Å². The van der Waals surface area contributed by atoms with Gasteiger partial charge in [0.1, 0.15) is 5.75 Å². The van der Waals surface area contributed by atoms with Crippen molar-refractivity contribution < 1.29 is 9.53 Å². The molecule has 1 aromatic carbocycles. The molecule has 0 aliphatic carbocycles. The van der Waals surface area contributed by atoms with E-state index in [1.807, 2.05) is 19.1 Å². The molecule has 15 heavy (non-hydrogen) atoms. The molecular weight excluding hydrogens is 188 g/mol. The summed E-state index contributed by atoms with van der Waals surface area (Å²) in [7, 11) is 0. The summed E-state index contributed by atoms with van der Waals surface area (Å²) < 4.78 is 5.55. The molecule has 0 spiro atoms. The highest BCUT2D eigenvalue weighted by Gasteiger charge is 2.20. The van der Waals surface area contributed by atoms with Crippen molar-refractivity contribution >= 4 is 6.29 Å². The zero-order chi connectivity index (χ0) is 11.5.